The van der Waals surface area contributed by atoms with E-state index in [1.165, 1.54) is 0 Å². The summed E-state index contributed by atoms with van der Waals surface area (Å²) in [4.78, 5) is 14.6. The zero-order valence-corrected chi connectivity index (χ0v) is 16.4. The summed E-state index contributed by atoms with van der Waals surface area (Å²) in [5.74, 6) is 1.27. The third-order valence-corrected chi connectivity index (χ3v) is 4.59. The van der Waals surface area contributed by atoms with E-state index in [4.69, 9.17) is 14.2 Å². The van der Waals surface area contributed by atoms with Gasteiger partial charge in [-0.05, 0) is 29.8 Å². The highest BCUT2D eigenvalue weighted by atomic mass is 16.5. The molecule has 1 aliphatic heterocycles. The van der Waals surface area contributed by atoms with Gasteiger partial charge in [0.15, 0.2) is 11.5 Å². The van der Waals surface area contributed by atoms with E-state index in [1.807, 2.05) is 42.5 Å². The highest BCUT2D eigenvalue weighted by Crippen LogP contribution is 2.28. The molecule has 2 aromatic carbocycles. The van der Waals surface area contributed by atoms with Crippen LogP contribution in [-0.2, 0) is 16.1 Å². The molecule has 7 nitrogen and oxygen atoms in total. The Hall–Kier alpha value is -2.77. The molecule has 0 atom stereocenters. The lowest BCUT2D eigenvalue weighted by molar-refractivity contribution is -0.115. The molecule has 1 aliphatic rings. The average molecular weight is 385 g/mol. The van der Waals surface area contributed by atoms with Crippen molar-refractivity contribution in [1.29, 1.82) is 0 Å². The zero-order valence-electron chi connectivity index (χ0n) is 16.4. The van der Waals surface area contributed by atoms with Crippen molar-refractivity contribution in [3.63, 3.8) is 0 Å². The molecule has 0 aliphatic carbocycles. The van der Waals surface area contributed by atoms with Gasteiger partial charge in [0, 0.05) is 19.6 Å². The molecule has 3 rings (SSSR count). The highest BCUT2D eigenvalue weighted by Gasteiger charge is 2.15. The Morgan fingerprint density at radius 1 is 1.07 bits per heavy atom. The molecular weight excluding hydrogens is 358 g/mol. The number of nitrogens with zero attached hydrogens (tertiary/aromatic N) is 1. The van der Waals surface area contributed by atoms with E-state index in [9.17, 15) is 4.79 Å². The number of morpholine rings is 1. The molecule has 1 heterocycles. The first-order valence-electron chi connectivity index (χ1n) is 9.34. The standard InChI is InChI=1S/C21H27N3O4/c1-26-19-8-7-16(13-20(19)27-2)14-22-15-21(25)23-17-5-3-4-6-18(17)24-9-11-28-12-10-24/h3-8,13,22H,9-12,14-15H2,1-2H3,(H,23,25). The molecule has 0 spiro atoms. The number of hydrogen-bond acceptors (Lipinski definition) is 6. The summed E-state index contributed by atoms with van der Waals surface area (Å²) < 4.78 is 16.0. The number of hydrogen-bond donors (Lipinski definition) is 2. The van der Waals surface area contributed by atoms with Crippen molar-refractivity contribution in [2.24, 2.45) is 0 Å². The summed E-state index contributed by atoms with van der Waals surface area (Å²) >= 11 is 0. The fourth-order valence-electron chi connectivity index (χ4n) is 3.16. The van der Waals surface area contributed by atoms with Gasteiger partial charge in [0.2, 0.25) is 5.91 Å². The summed E-state index contributed by atoms with van der Waals surface area (Å²) in [6.07, 6.45) is 0. The predicted molar refractivity (Wildman–Crippen MR) is 109 cm³/mol. The Morgan fingerprint density at radius 3 is 2.57 bits per heavy atom. The zero-order chi connectivity index (χ0) is 19.8. The Labute approximate surface area is 165 Å². The second kappa shape index (κ2) is 9.96. The smallest absolute Gasteiger partial charge is 0.238 e. The number of amides is 1. The Morgan fingerprint density at radius 2 is 1.82 bits per heavy atom. The first-order valence-corrected chi connectivity index (χ1v) is 9.34. The number of anilines is 2. The number of carbonyl (C=O) groups is 1. The van der Waals surface area contributed by atoms with Gasteiger partial charge in [-0.3, -0.25) is 4.79 Å². The van der Waals surface area contributed by atoms with E-state index in [2.05, 4.69) is 15.5 Å². The van der Waals surface area contributed by atoms with Crippen LogP contribution >= 0.6 is 0 Å². The molecule has 0 bridgehead atoms. The Kier molecular flexibility index (Phi) is 7.11. The van der Waals surface area contributed by atoms with Crippen molar-refractivity contribution in [3.05, 3.63) is 48.0 Å². The van der Waals surface area contributed by atoms with Crippen molar-refractivity contribution in [2.45, 2.75) is 6.54 Å². The molecule has 0 aromatic heterocycles. The number of benzene rings is 2. The molecule has 0 unspecified atom stereocenters. The van der Waals surface area contributed by atoms with Crippen molar-refractivity contribution in [3.8, 4) is 11.5 Å². The number of ether oxygens (including phenoxy) is 3. The van der Waals surface area contributed by atoms with Gasteiger partial charge in [0.05, 0.1) is 45.4 Å². The minimum atomic E-state index is -0.0822. The van der Waals surface area contributed by atoms with E-state index >= 15 is 0 Å². The quantitative estimate of drug-likeness (QED) is 0.726. The van der Waals surface area contributed by atoms with Gasteiger partial charge in [-0.25, -0.2) is 0 Å². The first-order chi connectivity index (χ1) is 13.7. The maximum absolute atomic E-state index is 12.4. The van der Waals surface area contributed by atoms with Gasteiger partial charge in [0.25, 0.3) is 0 Å². The fraction of sp³-hybridized carbons (Fsp3) is 0.381. The Bertz CT molecular complexity index is 791. The number of nitrogens with one attached hydrogen (secondary N) is 2. The second-order valence-electron chi connectivity index (χ2n) is 6.46. The van der Waals surface area contributed by atoms with Crippen molar-refractivity contribution >= 4 is 17.3 Å². The molecule has 150 valence electrons. The SMILES string of the molecule is COc1ccc(CNCC(=O)Nc2ccccc2N2CCOCC2)cc1OC. The maximum atomic E-state index is 12.4. The molecule has 0 saturated carbocycles. The van der Waals surface area contributed by atoms with Gasteiger partial charge in [-0.1, -0.05) is 18.2 Å². The lowest BCUT2D eigenvalue weighted by Crippen LogP contribution is -2.37. The summed E-state index contributed by atoms with van der Waals surface area (Å²) in [6, 6.07) is 13.6. The minimum absolute atomic E-state index is 0.0822. The summed E-state index contributed by atoms with van der Waals surface area (Å²) in [7, 11) is 3.21. The number of carbonyl (C=O) groups excluding carboxylic acids is 1. The van der Waals surface area contributed by atoms with Crippen LogP contribution in [0, 0.1) is 0 Å². The van der Waals surface area contributed by atoms with Gasteiger partial charge in [-0.2, -0.15) is 0 Å². The van der Waals surface area contributed by atoms with Crippen molar-refractivity contribution < 1.29 is 19.0 Å². The summed E-state index contributed by atoms with van der Waals surface area (Å²) in [5, 5.41) is 6.17. The molecule has 0 radical (unpaired) electrons. The van der Waals surface area contributed by atoms with Crippen LogP contribution in [0.25, 0.3) is 0 Å². The number of para-hydroxylation sites is 2. The third-order valence-electron chi connectivity index (χ3n) is 4.59. The second-order valence-corrected chi connectivity index (χ2v) is 6.46. The van der Waals surface area contributed by atoms with E-state index in [0.29, 0.717) is 31.3 Å². The molecule has 1 amide bonds. The van der Waals surface area contributed by atoms with Gasteiger partial charge < -0.3 is 29.7 Å². The average Bonchev–Trinajstić information content (AvgIpc) is 2.74. The van der Waals surface area contributed by atoms with Crippen LogP contribution in [0.4, 0.5) is 11.4 Å². The van der Waals surface area contributed by atoms with Crippen LogP contribution in [0.1, 0.15) is 5.56 Å². The Balaban J connectivity index is 1.54. The monoisotopic (exact) mass is 385 g/mol. The van der Waals surface area contributed by atoms with E-state index in [1.54, 1.807) is 14.2 Å². The van der Waals surface area contributed by atoms with Crippen LogP contribution < -0.4 is 25.0 Å². The molecule has 28 heavy (non-hydrogen) atoms. The normalized spacial score (nSPS) is 13.9. The molecule has 7 heteroatoms. The molecule has 2 aromatic rings. The maximum Gasteiger partial charge on any atom is 0.238 e. The number of rotatable bonds is 8. The first kappa shape index (κ1) is 20.0. The lowest BCUT2D eigenvalue weighted by Gasteiger charge is -2.30. The van der Waals surface area contributed by atoms with Crippen molar-refractivity contribution in [2.75, 3.05) is 57.3 Å². The van der Waals surface area contributed by atoms with Crippen LogP contribution in [0.2, 0.25) is 0 Å². The topological polar surface area (TPSA) is 72.1 Å². The molecule has 1 saturated heterocycles. The van der Waals surface area contributed by atoms with Gasteiger partial charge >= 0.3 is 0 Å². The van der Waals surface area contributed by atoms with Crippen molar-refractivity contribution in [1.82, 2.24) is 5.32 Å². The molecule has 2 N–H and O–H groups in total. The van der Waals surface area contributed by atoms with Gasteiger partial charge in [-0.15, -0.1) is 0 Å². The largest absolute Gasteiger partial charge is 0.493 e. The van der Waals surface area contributed by atoms with E-state index in [0.717, 1.165) is 30.0 Å². The summed E-state index contributed by atoms with van der Waals surface area (Å²) in [5.41, 5.74) is 2.86. The van der Waals surface area contributed by atoms with Crippen LogP contribution in [0.3, 0.4) is 0 Å². The fourth-order valence-corrected chi connectivity index (χ4v) is 3.16. The van der Waals surface area contributed by atoms with Crippen LogP contribution in [-0.4, -0.2) is 53.0 Å². The number of methoxy groups -OCH3 is 2. The van der Waals surface area contributed by atoms with Crippen LogP contribution in [0.5, 0.6) is 11.5 Å². The van der Waals surface area contributed by atoms with E-state index in [-0.39, 0.29) is 12.5 Å². The lowest BCUT2D eigenvalue weighted by atomic mass is 10.2. The van der Waals surface area contributed by atoms with Crippen LogP contribution in [0.15, 0.2) is 42.5 Å². The summed E-state index contributed by atoms with van der Waals surface area (Å²) in [6.45, 7) is 3.82. The third kappa shape index (κ3) is 5.15. The molecular formula is C21H27N3O4. The minimum Gasteiger partial charge on any atom is -0.493 e. The predicted octanol–water partition coefficient (Wildman–Crippen LogP) is 2.27. The van der Waals surface area contributed by atoms with E-state index < -0.39 is 0 Å². The molecule has 1 fully saturated rings. The van der Waals surface area contributed by atoms with Gasteiger partial charge in [0.1, 0.15) is 0 Å². The highest BCUT2D eigenvalue weighted by molar-refractivity contribution is 5.95.